The van der Waals surface area contributed by atoms with Gasteiger partial charge in [-0.3, -0.25) is 14.4 Å². The number of carbonyl (C=O) groups excluding carboxylic acids is 3. The molecule has 0 saturated heterocycles. The number of aryl methyl sites for hydroxylation is 1. The Morgan fingerprint density at radius 3 is 2.00 bits per heavy atom. The van der Waals surface area contributed by atoms with Crippen LogP contribution < -0.4 is 24.8 Å². The van der Waals surface area contributed by atoms with Gasteiger partial charge in [-0.15, -0.1) is 0 Å². The quantitative estimate of drug-likeness (QED) is 0.484. The number of methoxy groups -OCH3 is 3. The number of esters is 1. The normalized spacial score (nSPS) is 11.4. The minimum atomic E-state index is -0.600. The van der Waals surface area contributed by atoms with Crippen LogP contribution in [0, 0.1) is 6.92 Å². The highest BCUT2D eigenvalue weighted by Gasteiger charge is 2.21. The fraction of sp³-hybridized carbons (Fsp3) is 0.400. The molecule has 0 heterocycles. The molecule has 0 aliphatic rings. The number of hydrogen-bond acceptors (Lipinski definition) is 7. The first-order chi connectivity index (χ1) is 16.2. The van der Waals surface area contributed by atoms with Gasteiger partial charge in [0.2, 0.25) is 11.7 Å². The molecule has 0 radical (unpaired) electrons. The highest BCUT2D eigenvalue weighted by Crippen LogP contribution is 2.38. The zero-order valence-electron chi connectivity index (χ0n) is 20.4. The maximum atomic E-state index is 12.7. The van der Waals surface area contributed by atoms with Crippen molar-refractivity contribution in [1.82, 2.24) is 10.6 Å². The van der Waals surface area contributed by atoms with E-state index in [0.717, 1.165) is 11.1 Å². The molecule has 0 bridgehead atoms. The first-order valence-corrected chi connectivity index (χ1v) is 10.8. The molecule has 2 N–H and O–H groups in total. The highest BCUT2D eigenvalue weighted by atomic mass is 16.5. The molecule has 0 fully saturated rings. The van der Waals surface area contributed by atoms with Crippen LogP contribution in [0.1, 0.15) is 47.8 Å². The zero-order chi connectivity index (χ0) is 25.3. The summed E-state index contributed by atoms with van der Waals surface area (Å²) in [6.45, 7) is 5.17. The minimum Gasteiger partial charge on any atom is -0.493 e. The number of rotatable bonds is 11. The summed E-state index contributed by atoms with van der Waals surface area (Å²) in [4.78, 5) is 37.5. The molecule has 0 aromatic heterocycles. The smallest absolute Gasteiger partial charge is 0.308 e. The summed E-state index contributed by atoms with van der Waals surface area (Å²) in [7, 11) is 4.36. The molecule has 2 aromatic carbocycles. The first kappa shape index (κ1) is 26.5. The monoisotopic (exact) mass is 472 g/mol. The molecule has 2 aromatic rings. The average Bonchev–Trinajstić information content (AvgIpc) is 2.80. The zero-order valence-corrected chi connectivity index (χ0v) is 20.4. The third-order valence-electron chi connectivity index (χ3n) is 4.89. The van der Waals surface area contributed by atoms with E-state index >= 15 is 0 Å². The van der Waals surface area contributed by atoms with Gasteiger partial charge in [0.15, 0.2) is 11.5 Å². The van der Waals surface area contributed by atoms with E-state index in [1.807, 2.05) is 31.2 Å². The lowest BCUT2D eigenvalue weighted by atomic mass is 10.0. The lowest BCUT2D eigenvalue weighted by Crippen LogP contribution is -2.39. The SMILES string of the molecule is COc1cc(C(=O)NCC(=O)NC(CC(=O)OC(C)C)c2ccc(C)cc2)cc(OC)c1OC. The minimum absolute atomic E-state index is 0.0339. The highest BCUT2D eigenvalue weighted by molar-refractivity contribution is 5.97. The maximum Gasteiger partial charge on any atom is 0.308 e. The maximum absolute atomic E-state index is 12.7. The van der Waals surface area contributed by atoms with Crippen LogP contribution in [-0.4, -0.2) is 51.8 Å². The van der Waals surface area contributed by atoms with Gasteiger partial charge in [-0.1, -0.05) is 29.8 Å². The van der Waals surface area contributed by atoms with Gasteiger partial charge in [-0.25, -0.2) is 0 Å². The second-order valence-electron chi connectivity index (χ2n) is 7.87. The number of benzene rings is 2. The van der Waals surface area contributed by atoms with Gasteiger partial charge >= 0.3 is 5.97 Å². The summed E-state index contributed by atoms with van der Waals surface area (Å²) in [6.07, 6.45) is -0.298. The third kappa shape index (κ3) is 7.40. The van der Waals surface area contributed by atoms with E-state index in [1.165, 1.54) is 33.5 Å². The van der Waals surface area contributed by atoms with Crippen LogP contribution in [0.3, 0.4) is 0 Å². The summed E-state index contributed by atoms with van der Waals surface area (Å²) in [5.74, 6) is -0.390. The molecule has 1 unspecified atom stereocenters. The van der Waals surface area contributed by atoms with Crippen LogP contribution in [0.2, 0.25) is 0 Å². The Morgan fingerprint density at radius 1 is 0.912 bits per heavy atom. The van der Waals surface area contributed by atoms with E-state index in [2.05, 4.69) is 10.6 Å². The summed E-state index contributed by atoms with van der Waals surface area (Å²) >= 11 is 0. The van der Waals surface area contributed by atoms with Crippen LogP contribution in [0.4, 0.5) is 0 Å². The molecule has 9 nitrogen and oxygen atoms in total. The second-order valence-corrected chi connectivity index (χ2v) is 7.87. The molecule has 34 heavy (non-hydrogen) atoms. The fourth-order valence-corrected chi connectivity index (χ4v) is 3.25. The standard InChI is InChI=1S/C25H32N2O7/c1-15(2)34-23(29)13-19(17-9-7-16(3)8-10-17)27-22(28)14-26-25(30)18-11-20(31-4)24(33-6)21(12-18)32-5/h7-12,15,19H,13-14H2,1-6H3,(H,26,30)(H,27,28). The largest absolute Gasteiger partial charge is 0.493 e. The van der Waals surface area contributed by atoms with Crippen LogP contribution in [-0.2, 0) is 14.3 Å². The molecular weight excluding hydrogens is 440 g/mol. The predicted octanol–water partition coefficient (Wildman–Crippen LogP) is 2.95. The van der Waals surface area contributed by atoms with Crippen molar-refractivity contribution in [1.29, 1.82) is 0 Å². The van der Waals surface area contributed by atoms with Crippen molar-refractivity contribution in [3.8, 4) is 17.2 Å². The number of nitrogens with one attached hydrogen (secondary N) is 2. The molecule has 184 valence electrons. The third-order valence-corrected chi connectivity index (χ3v) is 4.89. The molecule has 0 aliphatic heterocycles. The Bertz CT molecular complexity index is 978. The van der Waals surface area contributed by atoms with Crippen molar-refractivity contribution in [2.24, 2.45) is 0 Å². The lowest BCUT2D eigenvalue weighted by Gasteiger charge is -2.20. The Kier molecular flexibility index (Phi) is 9.73. The number of amides is 2. The van der Waals surface area contributed by atoms with Crippen LogP contribution in [0.25, 0.3) is 0 Å². The Morgan fingerprint density at radius 2 is 1.50 bits per heavy atom. The summed E-state index contributed by atoms with van der Waals surface area (Å²) < 4.78 is 21.0. The van der Waals surface area contributed by atoms with Crippen molar-refractivity contribution < 1.29 is 33.3 Å². The molecule has 1 atom stereocenters. The van der Waals surface area contributed by atoms with Crippen molar-refractivity contribution >= 4 is 17.8 Å². The number of hydrogen-bond donors (Lipinski definition) is 2. The van der Waals surface area contributed by atoms with E-state index in [0.29, 0.717) is 17.2 Å². The van der Waals surface area contributed by atoms with Gasteiger partial charge in [0.25, 0.3) is 5.91 Å². The van der Waals surface area contributed by atoms with E-state index in [1.54, 1.807) is 13.8 Å². The van der Waals surface area contributed by atoms with Crippen molar-refractivity contribution in [2.45, 2.75) is 39.3 Å². The number of carbonyl (C=O) groups is 3. The van der Waals surface area contributed by atoms with E-state index in [-0.39, 0.29) is 24.6 Å². The first-order valence-electron chi connectivity index (χ1n) is 10.8. The second kappa shape index (κ2) is 12.5. The van der Waals surface area contributed by atoms with E-state index in [9.17, 15) is 14.4 Å². The Labute approximate surface area is 199 Å². The van der Waals surface area contributed by atoms with E-state index in [4.69, 9.17) is 18.9 Å². The molecule has 2 amide bonds. The van der Waals surface area contributed by atoms with E-state index < -0.39 is 23.8 Å². The molecule has 0 aliphatic carbocycles. The molecule has 2 rings (SSSR count). The van der Waals surface area contributed by atoms with Crippen LogP contribution in [0.15, 0.2) is 36.4 Å². The van der Waals surface area contributed by atoms with Crippen molar-refractivity contribution in [2.75, 3.05) is 27.9 Å². The van der Waals surface area contributed by atoms with Crippen LogP contribution >= 0.6 is 0 Å². The van der Waals surface area contributed by atoms with Gasteiger partial charge in [0, 0.05) is 5.56 Å². The van der Waals surface area contributed by atoms with Crippen molar-refractivity contribution in [3.63, 3.8) is 0 Å². The van der Waals surface area contributed by atoms with Gasteiger partial charge in [0.05, 0.1) is 46.4 Å². The van der Waals surface area contributed by atoms with Gasteiger partial charge in [-0.2, -0.15) is 0 Å². The molecule has 0 spiro atoms. The molecule has 9 heteroatoms. The van der Waals surface area contributed by atoms with Gasteiger partial charge < -0.3 is 29.6 Å². The summed E-state index contributed by atoms with van der Waals surface area (Å²) in [6, 6.07) is 9.87. The number of ether oxygens (including phenoxy) is 4. The molecular formula is C25H32N2O7. The van der Waals surface area contributed by atoms with Gasteiger partial charge in [0.1, 0.15) is 0 Å². The summed E-state index contributed by atoms with van der Waals surface area (Å²) in [5.41, 5.74) is 2.05. The topological polar surface area (TPSA) is 112 Å². The molecule has 0 saturated carbocycles. The van der Waals surface area contributed by atoms with Crippen molar-refractivity contribution in [3.05, 3.63) is 53.1 Å². The Balaban J connectivity index is 2.09. The summed E-state index contributed by atoms with van der Waals surface area (Å²) in [5, 5.41) is 5.37. The van der Waals surface area contributed by atoms with Gasteiger partial charge in [-0.05, 0) is 38.5 Å². The predicted molar refractivity (Wildman–Crippen MR) is 126 cm³/mol. The average molecular weight is 473 g/mol. The Hall–Kier alpha value is -3.75. The fourth-order valence-electron chi connectivity index (χ4n) is 3.25. The lowest BCUT2D eigenvalue weighted by molar-refractivity contribution is -0.148. The van der Waals surface area contributed by atoms with Crippen LogP contribution in [0.5, 0.6) is 17.2 Å².